The molecule has 0 aromatic heterocycles. The summed E-state index contributed by atoms with van der Waals surface area (Å²) in [5, 5.41) is 19.4. The summed E-state index contributed by atoms with van der Waals surface area (Å²) in [4.78, 5) is 27.5. The number of thioether (sulfide) groups is 1. The van der Waals surface area contributed by atoms with Crippen LogP contribution in [0.5, 0.6) is 0 Å². The molecule has 2 unspecified atom stereocenters. The van der Waals surface area contributed by atoms with Crippen LogP contribution >= 0.6 is 11.8 Å². The van der Waals surface area contributed by atoms with Crippen molar-refractivity contribution in [2.45, 2.75) is 31.2 Å². The molecule has 24 heavy (non-hydrogen) atoms. The predicted octanol–water partition coefficient (Wildman–Crippen LogP) is 3.22. The zero-order chi connectivity index (χ0) is 17.5. The molecule has 0 saturated carbocycles. The van der Waals surface area contributed by atoms with Gasteiger partial charge in [0.1, 0.15) is 11.8 Å². The number of aliphatic hydroxyl groups is 1. The number of allylic oxidation sites excluding steroid dienone is 2. The number of carbonyl (C=O) groups excluding carboxylic acids is 1. The number of aliphatic hydroxyl groups excluding tert-OH is 1. The Balaban J connectivity index is 2.13. The summed E-state index contributed by atoms with van der Waals surface area (Å²) in [5.74, 6) is -0.625. The maximum atomic E-state index is 12.3. The fourth-order valence-electron chi connectivity index (χ4n) is 2.67. The number of hydrogen-bond donors (Lipinski definition) is 2. The lowest BCUT2D eigenvalue weighted by Gasteiger charge is -2.22. The summed E-state index contributed by atoms with van der Waals surface area (Å²) in [6.07, 6.45) is 4.17. The molecule has 1 aromatic carbocycles. The van der Waals surface area contributed by atoms with E-state index < -0.39 is 12.0 Å². The van der Waals surface area contributed by atoms with Crippen LogP contribution in [0.2, 0.25) is 0 Å². The molecule has 0 fully saturated rings. The molecule has 1 aliphatic carbocycles. The molecule has 0 heterocycles. The number of carboxylic acid groups (broad SMARTS) is 1. The fourth-order valence-corrected chi connectivity index (χ4v) is 3.13. The summed E-state index contributed by atoms with van der Waals surface area (Å²) < 4.78 is 0. The smallest absolute Gasteiger partial charge is 0.328 e. The van der Waals surface area contributed by atoms with Crippen LogP contribution in [0.1, 0.15) is 30.7 Å². The first-order valence-electron chi connectivity index (χ1n) is 7.78. The lowest BCUT2D eigenvalue weighted by atomic mass is 9.83. The Morgan fingerprint density at radius 1 is 1.38 bits per heavy atom. The van der Waals surface area contributed by atoms with E-state index in [0.717, 1.165) is 5.56 Å². The predicted molar refractivity (Wildman–Crippen MR) is 96.0 cm³/mol. The third-order valence-electron chi connectivity index (χ3n) is 4.02. The van der Waals surface area contributed by atoms with Crippen molar-refractivity contribution >= 4 is 29.7 Å². The van der Waals surface area contributed by atoms with Crippen LogP contribution in [0.3, 0.4) is 0 Å². The van der Waals surface area contributed by atoms with Gasteiger partial charge in [-0.05, 0) is 29.9 Å². The van der Waals surface area contributed by atoms with Crippen molar-refractivity contribution < 1.29 is 19.8 Å². The molecule has 128 valence electrons. The number of ketones is 1. The molecule has 0 aliphatic heterocycles. The normalized spacial score (nSPS) is 19.7. The Morgan fingerprint density at radius 3 is 2.67 bits per heavy atom. The van der Waals surface area contributed by atoms with Gasteiger partial charge in [0, 0.05) is 19.1 Å². The molecule has 2 rings (SSSR count). The van der Waals surface area contributed by atoms with Gasteiger partial charge in [-0.25, -0.2) is 4.79 Å². The van der Waals surface area contributed by atoms with Crippen molar-refractivity contribution in [3.8, 4) is 0 Å². The second-order valence-corrected chi connectivity index (χ2v) is 6.70. The van der Waals surface area contributed by atoms with Crippen LogP contribution < -0.4 is 0 Å². The van der Waals surface area contributed by atoms with Crippen molar-refractivity contribution in [1.29, 1.82) is 0 Å². The van der Waals surface area contributed by atoms with Crippen molar-refractivity contribution in [2.75, 3.05) is 12.0 Å². The summed E-state index contributed by atoms with van der Waals surface area (Å²) >= 11 is 1.54. The lowest BCUT2D eigenvalue weighted by Crippen LogP contribution is -2.22. The molecular weight excluding hydrogens is 326 g/mol. The maximum Gasteiger partial charge on any atom is 0.328 e. The Bertz CT molecular complexity index is 654. The second kappa shape index (κ2) is 8.68. The molecular formula is C18H21NO4S. The van der Waals surface area contributed by atoms with Crippen LogP contribution in [0.4, 0.5) is 0 Å². The highest BCUT2D eigenvalue weighted by atomic mass is 32.2. The van der Waals surface area contributed by atoms with Gasteiger partial charge in [-0.2, -0.15) is 11.8 Å². The Morgan fingerprint density at radius 2 is 2.08 bits per heavy atom. The van der Waals surface area contributed by atoms with Gasteiger partial charge in [0.25, 0.3) is 0 Å². The number of carboxylic acids is 1. The molecule has 0 spiro atoms. The van der Waals surface area contributed by atoms with Crippen molar-refractivity contribution in [1.82, 2.24) is 0 Å². The average Bonchev–Trinajstić information content (AvgIpc) is 2.57. The zero-order valence-corrected chi connectivity index (χ0v) is 14.3. The highest BCUT2D eigenvalue weighted by molar-refractivity contribution is 7.98. The molecule has 1 aliphatic rings. The fraction of sp³-hybridized carbons (Fsp3) is 0.389. The van der Waals surface area contributed by atoms with E-state index in [1.165, 1.54) is 6.21 Å². The third kappa shape index (κ3) is 4.71. The van der Waals surface area contributed by atoms with Gasteiger partial charge in [0.05, 0.1) is 5.57 Å². The maximum absolute atomic E-state index is 12.3. The average molecular weight is 347 g/mol. The summed E-state index contributed by atoms with van der Waals surface area (Å²) in [6, 6.07) is 8.70. The number of aliphatic carboxylic acids is 1. The number of nitrogens with zero attached hydrogens (tertiary/aromatic N) is 1. The van der Waals surface area contributed by atoms with E-state index in [-0.39, 0.29) is 29.5 Å². The van der Waals surface area contributed by atoms with Gasteiger partial charge < -0.3 is 10.2 Å². The van der Waals surface area contributed by atoms with Gasteiger partial charge >= 0.3 is 5.97 Å². The van der Waals surface area contributed by atoms with E-state index in [1.807, 2.05) is 36.6 Å². The van der Waals surface area contributed by atoms with E-state index in [9.17, 15) is 14.7 Å². The van der Waals surface area contributed by atoms with E-state index in [2.05, 4.69) is 4.99 Å². The summed E-state index contributed by atoms with van der Waals surface area (Å²) in [6.45, 7) is 0. The summed E-state index contributed by atoms with van der Waals surface area (Å²) in [5.41, 5.74) is 1.15. The van der Waals surface area contributed by atoms with Gasteiger partial charge in [-0.3, -0.25) is 9.79 Å². The molecule has 2 atom stereocenters. The first kappa shape index (κ1) is 18.3. The monoisotopic (exact) mass is 347 g/mol. The topological polar surface area (TPSA) is 87.0 Å². The van der Waals surface area contributed by atoms with Crippen LogP contribution in [0.25, 0.3) is 0 Å². The van der Waals surface area contributed by atoms with Gasteiger partial charge in [-0.15, -0.1) is 0 Å². The standard InChI is InChI=1S/C18H21NO4S/c1-24-8-7-15(18(22)23)19-11-14-16(20)9-13(10-17(14)21)12-5-3-2-4-6-12/h2-6,11,13,15,20H,7-10H2,1H3,(H,22,23). The Labute approximate surface area is 145 Å². The van der Waals surface area contributed by atoms with Crippen LogP contribution in [-0.4, -0.2) is 46.2 Å². The number of Topliss-reactive ketones (excluding diaryl/α,β-unsaturated/α-hetero) is 1. The molecule has 0 amide bonds. The lowest BCUT2D eigenvalue weighted by molar-refractivity contribution is -0.138. The minimum Gasteiger partial charge on any atom is -0.511 e. The van der Waals surface area contributed by atoms with Gasteiger partial charge in [0.2, 0.25) is 0 Å². The quantitative estimate of drug-likeness (QED) is 0.740. The van der Waals surface area contributed by atoms with Crippen molar-refractivity contribution in [2.24, 2.45) is 4.99 Å². The van der Waals surface area contributed by atoms with Crippen LogP contribution in [-0.2, 0) is 9.59 Å². The highest BCUT2D eigenvalue weighted by Crippen LogP contribution is 2.32. The van der Waals surface area contributed by atoms with E-state index in [0.29, 0.717) is 18.6 Å². The Kier molecular flexibility index (Phi) is 6.61. The number of hydrogen-bond acceptors (Lipinski definition) is 5. The zero-order valence-electron chi connectivity index (χ0n) is 13.5. The van der Waals surface area contributed by atoms with E-state index >= 15 is 0 Å². The van der Waals surface area contributed by atoms with Crippen LogP contribution in [0.15, 0.2) is 46.7 Å². The number of rotatable bonds is 7. The Hall–Kier alpha value is -2.08. The van der Waals surface area contributed by atoms with E-state index in [4.69, 9.17) is 5.11 Å². The molecule has 0 radical (unpaired) electrons. The second-order valence-electron chi connectivity index (χ2n) is 5.71. The SMILES string of the molecule is CSCCC(N=CC1=C(O)CC(c2ccccc2)CC1=O)C(=O)O. The third-order valence-corrected chi connectivity index (χ3v) is 4.66. The number of carbonyl (C=O) groups is 2. The summed E-state index contributed by atoms with van der Waals surface area (Å²) in [7, 11) is 0. The first-order chi connectivity index (χ1) is 11.5. The number of benzene rings is 1. The van der Waals surface area contributed by atoms with Gasteiger partial charge in [0.15, 0.2) is 5.78 Å². The van der Waals surface area contributed by atoms with Gasteiger partial charge in [-0.1, -0.05) is 30.3 Å². The largest absolute Gasteiger partial charge is 0.511 e. The van der Waals surface area contributed by atoms with E-state index in [1.54, 1.807) is 11.8 Å². The molecule has 5 nitrogen and oxygen atoms in total. The molecule has 0 bridgehead atoms. The van der Waals surface area contributed by atoms with Crippen LogP contribution in [0, 0.1) is 0 Å². The molecule has 0 saturated heterocycles. The highest BCUT2D eigenvalue weighted by Gasteiger charge is 2.28. The molecule has 2 N–H and O–H groups in total. The molecule has 6 heteroatoms. The van der Waals surface area contributed by atoms with Crippen molar-refractivity contribution in [3.63, 3.8) is 0 Å². The minimum atomic E-state index is -1.02. The first-order valence-corrected chi connectivity index (χ1v) is 9.17. The minimum absolute atomic E-state index is 0.0159. The number of aliphatic imine (C=N–C) groups is 1. The molecule has 1 aromatic rings. The van der Waals surface area contributed by atoms with Crippen molar-refractivity contribution in [3.05, 3.63) is 47.2 Å².